The lowest BCUT2D eigenvalue weighted by Gasteiger charge is -2.19. The molecule has 0 aliphatic carbocycles. The number of nitrogens with two attached hydrogens (primary N) is 1. The van der Waals surface area contributed by atoms with Crippen molar-refractivity contribution in [3.8, 4) is 0 Å². The summed E-state index contributed by atoms with van der Waals surface area (Å²) in [6, 6.07) is 15.9. The molecule has 5 N–H and O–H groups in total. The summed E-state index contributed by atoms with van der Waals surface area (Å²) in [4.78, 5) is 38.0. The van der Waals surface area contributed by atoms with Gasteiger partial charge in [-0.15, -0.1) is 0 Å². The lowest BCUT2D eigenvalue weighted by molar-refractivity contribution is -0.496. The molecule has 0 atom stereocenters. The van der Waals surface area contributed by atoms with Crippen LogP contribution in [0, 0.1) is 5.41 Å². The smallest absolute Gasteiger partial charge is 0.416 e. The summed E-state index contributed by atoms with van der Waals surface area (Å²) in [6.45, 7) is 5.44. The summed E-state index contributed by atoms with van der Waals surface area (Å²) in [5.41, 5.74) is 0.309. The number of amides is 2. The lowest BCUT2D eigenvalue weighted by atomic mass is 10.1. The molecule has 3 rings (SSSR count). The quantitative estimate of drug-likeness (QED) is 0.0599. The number of esters is 1. The van der Waals surface area contributed by atoms with Crippen LogP contribution in [0.2, 0.25) is 5.02 Å². The van der Waals surface area contributed by atoms with E-state index in [2.05, 4.69) is 10.6 Å². The van der Waals surface area contributed by atoms with Crippen molar-refractivity contribution in [3.05, 3.63) is 106 Å². The van der Waals surface area contributed by atoms with Gasteiger partial charge in [-0.05, 0) is 68.8 Å². The van der Waals surface area contributed by atoms with E-state index in [0.29, 0.717) is 17.1 Å². The zero-order chi connectivity index (χ0) is 33.2. The van der Waals surface area contributed by atoms with Crippen LogP contribution in [-0.2, 0) is 21.5 Å². The predicted molar refractivity (Wildman–Crippen MR) is 170 cm³/mol. The van der Waals surface area contributed by atoms with Crippen LogP contribution in [0.4, 0.5) is 24.5 Å². The fraction of sp³-hybridized carbons (Fsp3) is 0.250. The summed E-state index contributed by atoms with van der Waals surface area (Å²) in [6.07, 6.45) is -1.67. The van der Waals surface area contributed by atoms with Crippen molar-refractivity contribution in [3.63, 3.8) is 0 Å². The van der Waals surface area contributed by atoms with Gasteiger partial charge in [-0.2, -0.15) is 24.9 Å². The first-order valence-electron chi connectivity index (χ1n) is 13.7. The number of hydrogen-bond donors (Lipinski definition) is 4. The van der Waals surface area contributed by atoms with Gasteiger partial charge < -0.3 is 15.4 Å². The van der Waals surface area contributed by atoms with Crippen LogP contribution in [-0.4, -0.2) is 35.0 Å². The molecule has 0 heterocycles. The zero-order valence-electron chi connectivity index (χ0n) is 24.8. The molecule has 45 heavy (non-hydrogen) atoms. The second kappa shape index (κ2) is 15.7. The predicted octanol–water partition coefficient (Wildman–Crippen LogP) is 6.69. The Kier molecular flexibility index (Phi) is 12.4. The average Bonchev–Trinajstić information content (AvgIpc) is 2.95. The van der Waals surface area contributed by atoms with Crippen molar-refractivity contribution < 1.29 is 37.6 Å². The Morgan fingerprint density at radius 1 is 1.00 bits per heavy atom. The van der Waals surface area contributed by atoms with Crippen LogP contribution in [0.25, 0.3) is 0 Å². The number of nitrogens with one attached hydrogen (secondary N) is 3. The van der Waals surface area contributed by atoms with Crippen molar-refractivity contribution in [1.29, 1.82) is 5.41 Å². The number of rotatable bonds is 11. The van der Waals surface area contributed by atoms with Gasteiger partial charge in [0, 0.05) is 34.2 Å². The number of thioether (sulfide) groups is 1. The summed E-state index contributed by atoms with van der Waals surface area (Å²) < 4.78 is 44.1. The van der Waals surface area contributed by atoms with Crippen LogP contribution < -0.4 is 16.0 Å². The molecule has 0 spiro atoms. The minimum absolute atomic E-state index is 0.00436. The van der Waals surface area contributed by atoms with Gasteiger partial charge in [0.1, 0.15) is 23.3 Å². The average molecular weight is 662 g/mol. The summed E-state index contributed by atoms with van der Waals surface area (Å²) in [5, 5.41) is 14.7. The Bertz CT molecular complexity index is 1590. The Balaban J connectivity index is 1.59. The van der Waals surface area contributed by atoms with E-state index in [4.69, 9.17) is 21.7 Å². The topological polar surface area (TPSA) is 125 Å². The molecule has 0 aliphatic rings. The van der Waals surface area contributed by atoms with E-state index < -0.39 is 29.2 Å². The summed E-state index contributed by atoms with van der Waals surface area (Å²) >= 11 is 7.63. The first kappa shape index (κ1) is 35.4. The van der Waals surface area contributed by atoms with E-state index in [0.717, 1.165) is 17.7 Å². The minimum atomic E-state index is -4.48. The van der Waals surface area contributed by atoms with Gasteiger partial charge in [0.25, 0.3) is 11.8 Å². The third-order valence-corrected chi connectivity index (χ3v) is 7.08. The maximum atomic E-state index is 13.1. The number of ether oxygens (including phenoxy) is 1. The van der Waals surface area contributed by atoms with Gasteiger partial charge in [-0.1, -0.05) is 29.8 Å². The summed E-state index contributed by atoms with van der Waals surface area (Å²) in [7, 11) is 0. The fourth-order valence-corrected chi connectivity index (χ4v) is 4.90. The molecule has 0 saturated heterocycles. The first-order chi connectivity index (χ1) is 21.1. The van der Waals surface area contributed by atoms with E-state index in [1.165, 1.54) is 59.7 Å². The second-order valence-corrected chi connectivity index (χ2v) is 12.3. The highest BCUT2D eigenvalue weighted by molar-refractivity contribution is 7.98. The number of carbonyl (C=O) groups excluding carboxylic acids is 3. The Morgan fingerprint density at radius 2 is 1.73 bits per heavy atom. The first-order valence-corrected chi connectivity index (χ1v) is 15.2. The van der Waals surface area contributed by atoms with Gasteiger partial charge in [0.2, 0.25) is 0 Å². The molecule has 0 radical (unpaired) electrons. The Labute approximate surface area is 268 Å². The number of benzene rings is 3. The largest absolute Gasteiger partial charge is 0.460 e. The fourth-order valence-electron chi connectivity index (χ4n) is 3.85. The molecule has 0 fully saturated rings. The molecule has 0 aliphatic heterocycles. The number of anilines is 1. The van der Waals surface area contributed by atoms with Crippen LogP contribution in [0.15, 0.2) is 79.0 Å². The molecular formula is C32H33ClF3N4O4S+. The molecule has 3 aromatic rings. The van der Waals surface area contributed by atoms with Crippen molar-refractivity contribution in [1.82, 2.24) is 5.32 Å². The van der Waals surface area contributed by atoms with E-state index in [1.807, 2.05) is 26.8 Å². The number of hydrogen-bond acceptors (Lipinski definition) is 6. The van der Waals surface area contributed by atoms with E-state index in [1.54, 1.807) is 18.2 Å². The molecule has 0 saturated carbocycles. The highest BCUT2D eigenvalue weighted by Gasteiger charge is 2.30. The molecule has 0 aromatic heterocycles. The van der Waals surface area contributed by atoms with Gasteiger partial charge >= 0.3 is 12.1 Å². The van der Waals surface area contributed by atoms with Crippen molar-refractivity contribution in [2.45, 2.75) is 44.7 Å². The van der Waals surface area contributed by atoms with E-state index in [-0.39, 0.29) is 40.2 Å². The van der Waals surface area contributed by atoms with Crippen LogP contribution >= 0.6 is 23.4 Å². The number of amidine groups is 1. The highest BCUT2D eigenvalue weighted by Crippen LogP contribution is 2.29. The van der Waals surface area contributed by atoms with E-state index in [9.17, 15) is 27.6 Å². The lowest BCUT2D eigenvalue weighted by Crippen LogP contribution is -2.71. The van der Waals surface area contributed by atoms with Crippen LogP contribution in [0.5, 0.6) is 0 Å². The third kappa shape index (κ3) is 12.1. The number of halogens is 4. The van der Waals surface area contributed by atoms with Crippen molar-refractivity contribution in [2.75, 3.05) is 11.1 Å². The van der Waals surface area contributed by atoms with Crippen molar-refractivity contribution in [2.24, 2.45) is 0 Å². The molecule has 0 unspecified atom stereocenters. The molecule has 238 valence electrons. The summed E-state index contributed by atoms with van der Waals surface area (Å²) in [5.74, 6) is -0.682. The normalized spacial score (nSPS) is 11.7. The molecule has 3 aromatic carbocycles. The van der Waals surface area contributed by atoms with Gasteiger partial charge in [-0.3, -0.25) is 25.1 Å². The zero-order valence-corrected chi connectivity index (χ0v) is 26.3. The Morgan fingerprint density at radius 3 is 2.44 bits per heavy atom. The van der Waals surface area contributed by atoms with Crippen LogP contribution in [0.1, 0.15) is 59.0 Å². The molecule has 2 amide bonds. The molecule has 8 nitrogen and oxygen atoms in total. The highest BCUT2D eigenvalue weighted by atomic mass is 35.5. The maximum absolute atomic E-state index is 13.1. The maximum Gasteiger partial charge on any atom is 0.416 e. The molecular weight excluding hydrogens is 629 g/mol. The minimum Gasteiger partial charge on any atom is -0.460 e. The third-order valence-electron chi connectivity index (χ3n) is 5.82. The van der Waals surface area contributed by atoms with E-state index >= 15 is 0 Å². The van der Waals surface area contributed by atoms with Crippen molar-refractivity contribution >= 4 is 58.4 Å². The SMILES string of the molecule is CC(C)(C)OC(=O)CCSCc1cccc(C(=O)Nc2ccc(Cl)cc2C(=O)NC(=N)/C=C\[NH2+]c2cccc(C(F)(F)F)c2)c1. The standard InChI is InChI=1S/C32H32ClF3N4O4S/c1-31(2,3)44-28(41)13-15-45-19-20-6-4-7-21(16-20)29(42)39-26-11-10-23(33)18-25(26)30(43)40-27(37)12-14-38-24-9-5-8-22(17-24)32(34,35)36/h4-12,14,16-18,38H,13,15,19H2,1-3H3,(H,39,42)(H2,37,40,43)/p+1/b14-12-. The monoisotopic (exact) mass is 661 g/mol. The van der Waals surface area contributed by atoms with Gasteiger partial charge in [-0.25, -0.2) is 0 Å². The van der Waals surface area contributed by atoms with Gasteiger partial charge in [0.05, 0.1) is 23.2 Å². The number of carbonyl (C=O) groups is 3. The number of quaternary nitrogens is 1. The second-order valence-electron chi connectivity index (χ2n) is 10.8. The molecule has 0 bridgehead atoms. The van der Waals surface area contributed by atoms with Gasteiger partial charge in [0.15, 0.2) is 0 Å². The number of alkyl halides is 3. The Hall–Kier alpha value is -4.13. The molecule has 13 heteroatoms. The van der Waals surface area contributed by atoms with Crippen LogP contribution in [0.3, 0.4) is 0 Å².